The standard InChI is InChI=1S/C21H23FN2O3/c1-13(14-4-10-18-15(12-14)5-11-19(25)24-18)23-20(26)21(2,3)27-17-8-6-16(22)7-9-17/h4,6-10,12-13H,5,11H2,1-3H3,(H,23,26)(H,24,25). The van der Waals surface area contributed by atoms with Crippen LogP contribution in [0.25, 0.3) is 0 Å². The largest absolute Gasteiger partial charge is 0.478 e. The van der Waals surface area contributed by atoms with Crippen LogP contribution in [0.5, 0.6) is 5.75 Å². The van der Waals surface area contributed by atoms with Gasteiger partial charge in [0.1, 0.15) is 11.6 Å². The van der Waals surface area contributed by atoms with Crippen molar-refractivity contribution in [2.45, 2.75) is 45.3 Å². The van der Waals surface area contributed by atoms with Crippen LogP contribution < -0.4 is 15.4 Å². The Kier molecular flexibility index (Phi) is 5.17. The molecule has 6 heteroatoms. The maximum atomic E-state index is 13.0. The van der Waals surface area contributed by atoms with Crippen molar-refractivity contribution >= 4 is 17.5 Å². The fourth-order valence-electron chi connectivity index (χ4n) is 2.97. The van der Waals surface area contributed by atoms with E-state index in [4.69, 9.17) is 4.74 Å². The molecule has 1 unspecified atom stereocenters. The van der Waals surface area contributed by atoms with Gasteiger partial charge in [0.25, 0.3) is 5.91 Å². The molecule has 2 N–H and O–H groups in total. The van der Waals surface area contributed by atoms with Crippen LogP contribution in [0, 0.1) is 5.82 Å². The van der Waals surface area contributed by atoms with Crippen molar-refractivity contribution in [3.05, 3.63) is 59.4 Å². The van der Waals surface area contributed by atoms with Crippen molar-refractivity contribution in [1.82, 2.24) is 5.32 Å². The van der Waals surface area contributed by atoms with Gasteiger partial charge in [-0.25, -0.2) is 4.39 Å². The van der Waals surface area contributed by atoms with Crippen LogP contribution >= 0.6 is 0 Å². The van der Waals surface area contributed by atoms with Crippen molar-refractivity contribution in [3.63, 3.8) is 0 Å². The molecule has 0 aliphatic carbocycles. The van der Waals surface area contributed by atoms with Crippen molar-refractivity contribution < 1.29 is 18.7 Å². The lowest BCUT2D eigenvalue weighted by Crippen LogP contribution is -2.47. The Hall–Kier alpha value is -2.89. The zero-order valence-corrected chi connectivity index (χ0v) is 15.6. The number of carbonyl (C=O) groups is 2. The minimum atomic E-state index is -1.12. The van der Waals surface area contributed by atoms with Crippen LogP contribution in [0.3, 0.4) is 0 Å². The van der Waals surface area contributed by atoms with Gasteiger partial charge >= 0.3 is 0 Å². The lowest BCUT2D eigenvalue weighted by Gasteiger charge is -2.28. The summed E-state index contributed by atoms with van der Waals surface area (Å²) in [5.74, 6) is -0.183. The lowest BCUT2D eigenvalue weighted by molar-refractivity contribution is -0.134. The first-order valence-electron chi connectivity index (χ1n) is 8.93. The Balaban J connectivity index is 1.67. The summed E-state index contributed by atoms with van der Waals surface area (Å²) in [4.78, 5) is 24.2. The predicted octanol–water partition coefficient (Wildman–Crippen LogP) is 3.75. The van der Waals surface area contributed by atoms with E-state index in [-0.39, 0.29) is 23.7 Å². The van der Waals surface area contributed by atoms with Crippen LogP contribution in [0.15, 0.2) is 42.5 Å². The Morgan fingerprint density at radius 2 is 1.89 bits per heavy atom. The minimum Gasteiger partial charge on any atom is -0.478 e. The first-order chi connectivity index (χ1) is 12.7. The van der Waals surface area contributed by atoms with Crippen LogP contribution in [-0.4, -0.2) is 17.4 Å². The van der Waals surface area contributed by atoms with E-state index >= 15 is 0 Å². The van der Waals surface area contributed by atoms with Crippen LogP contribution in [0.1, 0.15) is 44.4 Å². The smallest absolute Gasteiger partial charge is 0.264 e. The summed E-state index contributed by atoms with van der Waals surface area (Å²) in [6, 6.07) is 11.1. The SMILES string of the molecule is CC(NC(=O)C(C)(C)Oc1ccc(F)cc1)c1ccc2c(c1)CCC(=O)N2. The third-order valence-electron chi connectivity index (χ3n) is 4.61. The van der Waals surface area contributed by atoms with Crippen molar-refractivity contribution in [1.29, 1.82) is 0 Å². The van der Waals surface area contributed by atoms with E-state index < -0.39 is 5.60 Å². The molecule has 3 rings (SSSR count). The molecule has 142 valence electrons. The van der Waals surface area contributed by atoms with Crippen molar-refractivity contribution in [2.75, 3.05) is 5.32 Å². The Morgan fingerprint density at radius 1 is 1.19 bits per heavy atom. The second kappa shape index (κ2) is 7.39. The zero-order valence-electron chi connectivity index (χ0n) is 15.6. The molecule has 1 heterocycles. The molecule has 1 atom stereocenters. The van der Waals surface area contributed by atoms with E-state index in [1.807, 2.05) is 25.1 Å². The van der Waals surface area contributed by atoms with Gasteiger partial charge in [-0.3, -0.25) is 9.59 Å². The monoisotopic (exact) mass is 370 g/mol. The molecule has 0 saturated carbocycles. The van der Waals surface area contributed by atoms with Gasteiger partial charge in [-0.05, 0) is 68.7 Å². The molecule has 2 aromatic carbocycles. The molecule has 27 heavy (non-hydrogen) atoms. The Labute approximate surface area is 157 Å². The Bertz CT molecular complexity index is 862. The summed E-state index contributed by atoms with van der Waals surface area (Å²) in [5.41, 5.74) is 1.73. The molecule has 0 spiro atoms. The molecule has 1 aliphatic heterocycles. The molecule has 2 amide bonds. The summed E-state index contributed by atoms with van der Waals surface area (Å²) in [5, 5.41) is 5.81. The number of halogens is 1. The number of hydrogen-bond donors (Lipinski definition) is 2. The number of benzene rings is 2. The highest BCUT2D eigenvalue weighted by Crippen LogP contribution is 2.27. The van der Waals surface area contributed by atoms with Gasteiger partial charge in [-0.1, -0.05) is 12.1 Å². The summed E-state index contributed by atoms with van der Waals surface area (Å²) in [7, 11) is 0. The number of aryl methyl sites for hydroxylation is 1. The van der Waals surface area contributed by atoms with Crippen molar-refractivity contribution in [3.8, 4) is 5.75 Å². The van der Waals surface area contributed by atoms with Gasteiger partial charge < -0.3 is 15.4 Å². The molecule has 0 radical (unpaired) electrons. The highest BCUT2D eigenvalue weighted by Gasteiger charge is 2.31. The number of fused-ring (bicyclic) bond motifs is 1. The van der Waals surface area contributed by atoms with Gasteiger partial charge in [-0.15, -0.1) is 0 Å². The predicted molar refractivity (Wildman–Crippen MR) is 101 cm³/mol. The quantitative estimate of drug-likeness (QED) is 0.842. The molecular formula is C21H23FN2O3. The topological polar surface area (TPSA) is 67.4 Å². The third-order valence-corrected chi connectivity index (χ3v) is 4.61. The number of rotatable bonds is 5. The third kappa shape index (κ3) is 4.45. The maximum Gasteiger partial charge on any atom is 0.264 e. The zero-order chi connectivity index (χ0) is 19.6. The van der Waals surface area contributed by atoms with Gasteiger partial charge in [0, 0.05) is 12.1 Å². The van der Waals surface area contributed by atoms with Gasteiger partial charge in [0.2, 0.25) is 5.91 Å². The number of anilines is 1. The summed E-state index contributed by atoms with van der Waals surface area (Å²) in [6.45, 7) is 5.23. The van der Waals surface area contributed by atoms with Crippen LogP contribution in [0.2, 0.25) is 0 Å². The van der Waals surface area contributed by atoms with Crippen LogP contribution in [0.4, 0.5) is 10.1 Å². The van der Waals surface area contributed by atoms with E-state index in [2.05, 4.69) is 10.6 Å². The number of ether oxygens (including phenoxy) is 1. The molecule has 1 aliphatic rings. The number of hydrogen-bond acceptors (Lipinski definition) is 3. The van der Waals surface area contributed by atoms with Gasteiger partial charge in [-0.2, -0.15) is 0 Å². The van der Waals surface area contributed by atoms with Gasteiger partial charge in [0.15, 0.2) is 5.60 Å². The average molecular weight is 370 g/mol. The first kappa shape index (κ1) is 18.9. The van der Waals surface area contributed by atoms with E-state index in [0.29, 0.717) is 18.6 Å². The van der Waals surface area contributed by atoms with E-state index in [1.165, 1.54) is 24.3 Å². The highest BCUT2D eigenvalue weighted by atomic mass is 19.1. The van der Waals surface area contributed by atoms with E-state index in [1.54, 1.807) is 13.8 Å². The molecule has 0 saturated heterocycles. The molecular weight excluding hydrogens is 347 g/mol. The van der Waals surface area contributed by atoms with Crippen LogP contribution in [-0.2, 0) is 16.0 Å². The van der Waals surface area contributed by atoms with Gasteiger partial charge in [0.05, 0.1) is 6.04 Å². The Morgan fingerprint density at radius 3 is 2.59 bits per heavy atom. The summed E-state index contributed by atoms with van der Waals surface area (Å²) in [6.07, 6.45) is 1.16. The minimum absolute atomic E-state index is 0.0243. The highest BCUT2D eigenvalue weighted by molar-refractivity contribution is 5.94. The number of nitrogens with one attached hydrogen (secondary N) is 2. The maximum absolute atomic E-state index is 13.0. The molecule has 0 aromatic heterocycles. The summed E-state index contributed by atoms with van der Waals surface area (Å²) >= 11 is 0. The lowest BCUT2D eigenvalue weighted by atomic mass is 9.97. The van der Waals surface area contributed by atoms with E-state index in [0.717, 1.165) is 16.8 Å². The average Bonchev–Trinajstić information content (AvgIpc) is 2.62. The molecule has 5 nitrogen and oxygen atoms in total. The summed E-state index contributed by atoms with van der Waals surface area (Å²) < 4.78 is 18.8. The first-order valence-corrected chi connectivity index (χ1v) is 8.93. The number of carbonyl (C=O) groups excluding carboxylic acids is 2. The second-order valence-electron chi connectivity index (χ2n) is 7.23. The van der Waals surface area contributed by atoms with Crippen molar-refractivity contribution in [2.24, 2.45) is 0 Å². The second-order valence-corrected chi connectivity index (χ2v) is 7.23. The molecule has 0 fully saturated rings. The fourth-order valence-corrected chi connectivity index (χ4v) is 2.97. The molecule has 2 aromatic rings. The van der Waals surface area contributed by atoms with E-state index in [9.17, 15) is 14.0 Å². The normalized spacial score (nSPS) is 14.7. The number of amides is 2. The fraction of sp³-hybridized carbons (Fsp3) is 0.333. The molecule has 0 bridgehead atoms.